The number of thioether (sulfide) groups is 1. The maximum Gasteiger partial charge on any atom is 0.228 e. The SMILES string of the molecule is CCCCCCCCCCCCCCOc1cc(CC(=O)Nc2ccccc2CN2CSC=C2C)ccc1C(C)(C)C. The molecule has 4 nitrogen and oxygen atoms in total. The van der Waals surface area contributed by atoms with Crippen molar-refractivity contribution in [3.63, 3.8) is 0 Å². The minimum atomic E-state index is -0.0218. The highest BCUT2D eigenvalue weighted by Gasteiger charge is 2.20. The van der Waals surface area contributed by atoms with Gasteiger partial charge in [0.25, 0.3) is 0 Å². The number of hydrogen-bond acceptors (Lipinski definition) is 4. The van der Waals surface area contributed by atoms with Crippen LogP contribution in [0, 0.1) is 0 Å². The summed E-state index contributed by atoms with van der Waals surface area (Å²) in [5.41, 5.74) is 5.46. The molecular formula is C37H56N2O2S. The second-order valence-electron chi connectivity index (χ2n) is 13.0. The summed E-state index contributed by atoms with van der Waals surface area (Å²) >= 11 is 1.81. The first-order valence-corrected chi connectivity index (χ1v) is 17.5. The van der Waals surface area contributed by atoms with E-state index in [2.05, 4.69) is 74.5 Å². The Bertz CT molecular complexity index is 1120. The molecule has 0 radical (unpaired) electrons. The maximum atomic E-state index is 13.1. The fourth-order valence-corrected chi connectivity index (χ4v) is 6.44. The molecule has 0 saturated carbocycles. The number of anilines is 1. The zero-order valence-corrected chi connectivity index (χ0v) is 27.9. The van der Waals surface area contributed by atoms with Gasteiger partial charge in [0.15, 0.2) is 0 Å². The molecule has 0 spiro atoms. The highest BCUT2D eigenvalue weighted by Crippen LogP contribution is 2.33. The van der Waals surface area contributed by atoms with Gasteiger partial charge in [-0.1, -0.05) is 129 Å². The average molecular weight is 593 g/mol. The fraction of sp³-hybridized carbons (Fsp3) is 0.595. The molecule has 0 fully saturated rings. The molecule has 1 aliphatic heterocycles. The van der Waals surface area contributed by atoms with Gasteiger partial charge in [0.1, 0.15) is 5.75 Å². The van der Waals surface area contributed by atoms with Gasteiger partial charge in [-0.15, -0.1) is 11.8 Å². The zero-order valence-electron chi connectivity index (χ0n) is 27.1. The van der Waals surface area contributed by atoms with Crippen LogP contribution in [-0.4, -0.2) is 23.3 Å². The molecule has 0 aromatic heterocycles. The van der Waals surface area contributed by atoms with E-state index in [1.54, 1.807) is 0 Å². The number of allylic oxidation sites excluding steroid dienone is 1. The topological polar surface area (TPSA) is 41.6 Å². The van der Waals surface area contributed by atoms with Crippen molar-refractivity contribution < 1.29 is 9.53 Å². The van der Waals surface area contributed by atoms with Crippen LogP contribution in [0.15, 0.2) is 53.6 Å². The lowest BCUT2D eigenvalue weighted by Crippen LogP contribution is -2.20. The second-order valence-corrected chi connectivity index (χ2v) is 13.8. The van der Waals surface area contributed by atoms with Gasteiger partial charge in [0.05, 0.1) is 18.9 Å². The van der Waals surface area contributed by atoms with Gasteiger partial charge in [-0.05, 0) is 53.0 Å². The summed E-state index contributed by atoms with van der Waals surface area (Å²) in [5.74, 6) is 1.88. The van der Waals surface area contributed by atoms with Crippen LogP contribution in [0.1, 0.15) is 128 Å². The van der Waals surface area contributed by atoms with E-state index in [-0.39, 0.29) is 11.3 Å². The van der Waals surface area contributed by atoms with Crippen LogP contribution in [0.25, 0.3) is 0 Å². The Morgan fingerprint density at radius 2 is 1.55 bits per heavy atom. The monoisotopic (exact) mass is 592 g/mol. The summed E-state index contributed by atoms with van der Waals surface area (Å²) in [6, 6.07) is 14.4. The first-order chi connectivity index (χ1) is 20.3. The molecule has 0 unspecified atom stereocenters. The van der Waals surface area contributed by atoms with Crippen molar-refractivity contribution in [1.29, 1.82) is 0 Å². The zero-order chi connectivity index (χ0) is 30.2. The molecule has 0 aliphatic carbocycles. The van der Waals surface area contributed by atoms with Crippen molar-refractivity contribution in [3.05, 3.63) is 70.3 Å². The number of rotatable bonds is 19. The second kappa shape index (κ2) is 18.3. The summed E-state index contributed by atoms with van der Waals surface area (Å²) < 4.78 is 6.36. The Kier molecular flexibility index (Phi) is 14.9. The Labute approximate surface area is 261 Å². The molecule has 0 bridgehead atoms. The number of para-hydroxylation sites is 1. The predicted molar refractivity (Wildman–Crippen MR) is 182 cm³/mol. The quantitative estimate of drug-likeness (QED) is 0.165. The van der Waals surface area contributed by atoms with Crippen LogP contribution in [0.3, 0.4) is 0 Å². The smallest absolute Gasteiger partial charge is 0.228 e. The van der Waals surface area contributed by atoms with Crippen molar-refractivity contribution in [2.24, 2.45) is 0 Å². The lowest BCUT2D eigenvalue weighted by atomic mass is 9.85. The maximum absolute atomic E-state index is 13.1. The van der Waals surface area contributed by atoms with Crippen LogP contribution in [0.4, 0.5) is 5.69 Å². The molecule has 0 atom stereocenters. The van der Waals surface area contributed by atoms with E-state index in [1.807, 2.05) is 30.0 Å². The highest BCUT2D eigenvalue weighted by molar-refractivity contribution is 8.02. The molecule has 1 aliphatic rings. The van der Waals surface area contributed by atoms with Gasteiger partial charge in [-0.25, -0.2) is 0 Å². The van der Waals surface area contributed by atoms with E-state index in [9.17, 15) is 4.79 Å². The number of ether oxygens (including phenoxy) is 1. The average Bonchev–Trinajstić information content (AvgIpc) is 3.35. The molecule has 2 aromatic rings. The molecular weight excluding hydrogens is 536 g/mol. The molecule has 3 rings (SSSR count). The largest absolute Gasteiger partial charge is 0.493 e. The molecule has 1 amide bonds. The third kappa shape index (κ3) is 12.1. The summed E-state index contributed by atoms with van der Waals surface area (Å²) in [7, 11) is 0. The van der Waals surface area contributed by atoms with Crippen LogP contribution in [0.5, 0.6) is 5.75 Å². The summed E-state index contributed by atoms with van der Waals surface area (Å²) in [5, 5.41) is 5.37. The molecule has 5 heteroatoms. The number of benzene rings is 2. The van der Waals surface area contributed by atoms with E-state index < -0.39 is 0 Å². The Morgan fingerprint density at radius 3 is 2.17 bits per heavy atom. The molecule has 1 heterocycles. The normalized spacial score (nSPS) is 13.4. The van der Waals surface area contributed by atoms with Gasteiger partial charge in [-0.2, -0.15) is 0 Å². The van der Waals surface area contributed by atoms with E-state index in [1.165, 1.54) is 81.9 Å². The Morgan fingerprint density at radius 1 is 0.905 bits per heavy atom. The number of unbranched alkanes of at least 4 members (excludes halogenated alkanes) is 11. The summed E-state index contributed by atoms with van der Waals surface area (Å²) in [4.78, 5) is 15.5. The molecule has 2 aromatic carbocycles. The van der Waals surface area contributed by atoms with Gasteiger partial charge in [0.2, 0.25) is 5.91 Å². The van der Waals surface area contributed by atoms with Gasteiger partial charge in [-0.3, -0.25) is 4.79 Å². The Hall–Kier alpha value is -2.40. The van der Waals surface area contributed by atoms with Crippen LogP contribution < -0.4 is 10.1 Å². The number of nitrogens with one attached hydrogen (secondary N) is 1. The highest BCUT2D eigenvalue weighted by atomic mass is 32.2. The van der Waals surface area contributed by atoms with Crippen molar-refractivity contribution >= 4 is 23.4 Å². The van der Waals surface area contributed by atoms with Crippen molar-refractivity contribution in [2.45, 2.75) is 130 Å². The first kappa shape index (κ1) is 34.1. The summed E-state index contributed by atoms with van der Waals surface area (Å²) in [6.45, 7) is 12.6. The lowest BCUT2D eigenvalue weighted by Gasteiger charge is -2.24. The molecule has 42 heavy (non-hydrogen) atoms. The van der Waals surface area contributed by atoms with E-state index >= 15 is 0 Å². The van der Waals surface area contributed by atoms with Crippen molar-refractivity contribution in [2.75, 3.05) is 17.8 Å². The molecule has 1 N–H and O–H groups in total. The third-order valence-corrected chi connectivity index (χ3v) is 9.08. The number of carbonyl (C=O) groups is 1. The lowest BCUT2D eigenvalue weighted by molar-refractivity contribution is -0.115. The van der Waals surface area contributed by atoms with Gasteiger partial charge >= 0.3 is 0 Å². The van der Waals surface area contributed by atoms with Gasteiger partial charge < -0.3 is 15.0 Å². The minimum absolute atomic E-state index is 0.000860. The fourth-order valence-electron chi connectivity index (χ4n) is 5.50. The van der Waals surface area contributed by atoms with E-state index in [4.69, 9.17) is 4.74 Å². The predicted octanol–water partition coefficient (Wildman–Crippen LogP) is 10.6. The molecule has 0 saturated heterocycles. The number of hydrogen-bond donors (Lipinski definition) is 1. The molecule has 232 valence electrons. The van der Waals surface area contributed by atoms with Crippen molar-refractivity contribution in [3.8, 4) is 5.75 Å². The minimum Gasteiger partial charge on any atom is -0.493 e. The number of amides is 1. The van der Waals surface area contributed by atoms with Crippen LogP contribution in [-0.2, 0) is 23.2 Å². The Balaban J connectivity index is 1.46. The number of nitrogens with zero attached hydrogens (tertiary/aromatic N) is 1. The van der Waals surface area contributed by atoms with Gasteiger partial charge in [0, 0.05) is 17.9 Å². The van der Waals surface area contributed by atoms with Crippen molar-refractivity contribution in [1.82, 2.24) is 4.90 Å². The standard InChI is InChI=1S/C37H56N2O2S/c1-6-7-8-9-10-11-12-13-14-15-16-19-24-41-35-25-31(22-23-33(35)37(3,4)5)26-36(40)38-34-21-18-17-20-32(34)27-39-29-42-28-30(39)2/h17-18,20-23,25,28H,6-16,19,24,26-27,29H2,1-5H3,(H,38,40). The van der Waals surface area contributed by atoms with Crippen LogP contribution >= 0.6 is 11.8 Å². The summed E-state index contributed by atoms with van der Waals surface area (Å²) in [6.07, 6.45) is 16.4. The van der Waals surface area contributed by atoms with E-state index in [0.29, 0.717) is 6.42 Å². The first-order valence-electron chi connectivity index (χ1n) is 16.4. The third-order valence-electron chi connectivity index (χ3n) is 8.11. The van der Waals surface area contributed by atoms with E-state index in [0.717, 1.165) is 48.0 Å². The number of carbonyl (C=O) groups excluding carboxylic acids is 1. The van der Waals surface area contributed by atoms with Crippen LogP contribution in [0.2, 0.25) is 0 Å².